The number of hydrogen-bond donors (Lipinski definition) is 3. The van der Waals surface area contributed by atoms with Crippen LogP contribution in [-0.4, -0.2) is 111 Å². The number of aliphatic hydroxyl groups is 2. The van der Waals surface area contributed by atoms with Crippen molar-refractivity contribution >= 4 is 5.97 Å². The van der Waals surface area contributed by atoms with Gasteiger partial charge in [-0.25, -0.2) is 39.9 Å². The third-order valence-corrected chi connectivity index (χ3v) is 2.53. The van der Waals surface area contributed by atoms with Crippen molar-refractivity contribution in [2.75, 3.05) is 47.0 Å². The number of rotatable bonds is 6. The Morgan fingerprint density at radius 3 is 0.902 bits per heavy atom. The second-order valence-electron chi connectivity index (χ2n) is 8.51. The van der Waals surface area contributed by atoms with E-state index in [4.69, 9.17) is 15.3 Å². The molecule has 0 unspecified atom stereocenters. The van der Waals surface area contributed by atoms with Crippen LogP contribution >= 0.6 is 0 Å². The summed E-state index contributed by atoms with van der Waals surface area (Å²) in [5, 5.41) is 23.2. The summed E-state index contributed by atoms with van der Waals surface area (Å²) in [5.41, 5.74) is 1.32. The van der Waals surface area contributed by atoms with E-state index >= 15 is 0 Å². The molecule has 0 spiro atoms. The molecule has 0 atom stereocenters. The third-order valence-electron chi connectivity index (χ3n) is 2.53. The van der Waals surface area contributed by atoms with Crippen molar-refractivity contribution in [2.45, 2.75) is 83.5 Å². The predicted molar refractivity (Wildman–Crippen MR) is 142 cm³/mol. The number of aliphatic hydroxyl groups excluding tert-OH is 2. The zero-order valence-corrected chi connectivity index (χ0v) is 27.2. The minimum Gasteiger partial charge on any atom is -0.478 e. The molecular weight excluding hydrogens is 779 g/mol. The summed E-state index contributed by atoms with van der Waals surface area (Å²) in [5.74, 6) is -7.19. The van der Waals surface area contributed by atoms with Gasteiger partial charge in [-0.3, -0.25) is 0 Å². The number of halogens is 21. The lowest BCUT2D eigenvalue weighted by molar-refractivity contribution is -0.285. The van der Waals surface area contributed by atoms with Gasteiger partial charge >= 0.3 is 30.9 Å². The highest BCUT2D eigenvalue weighted by molar-refractivity contribution is 5.84. The number of aliphatic carboxylic acids is 1. The van der Waals surface area contributed by atoms with E-state index in [1.54, 1.807) is 0 Å². The van der Waals surface area contributed by atoms with E-state index in [-0.39, 0.29) is 12.2 Å². The smallest absolute Gasteiger partial charge is 0.478 e. The first kappa shape index (κ1) is 66.6. The molecule has 0 bridgehead atoms. The van der Waals surface area contributed by atoms with E-state index in [1.807, 2.05) is 6.92 Å². The number of carboxylic acid groups (broad SMARTS) is 1. The summed E-state index contributed by atoms with van der Waals surface area (Å²) in [6.45, 7) is 8.25. The Labute approximate surface area is 278 Å². The molecule has 26 heteroatoms. The van der Waals surface area contributed by atoms with Crippen LogP contribution in [0.2, 0.25) is 0 Å². The van der Waals surface area contributed by atoms with Crippen LogP contribution in [0.1, 0.15) is 40.5 Å². The Morgan fingerprint density at radius 1 is 0.686 bits per heavy atom. The molecule has 316 valence electrons. The van der Waals surface area contributed by atoms with E-state index < -0.39 is 69.0 Å². The Balaban J connectivity index is -0.0000000695. The molecule has 0 amide bonds. The lowest BCUT2D eigenvalue weighted by atomic mass is 10.2. The van der Waals surface area contributed by atoms with Crippen LogP contribution in [0.5, 0.6) is 0 Å². The Hall–Kier alpha value is -2.64. The number of epoxide rings is 1. The second kappa shape index (κ2) is 34.4. The highest BCUT2D eigenvalue weighted by atomic mass is 19.5. The zero-order valence-electron chi connectivity index (χ0n) is 27.2. The fraction of sp³-hybridized carbons (Fsp3) is 0.800. The first-order valence-electron chi connectivity index (χ1n) is 12.4. The monoisotopic (exact) mass is 818 g/mol. The standard InChI is InChI=1S/C6H12O.C4H6O2.C3HF7.2C3H5F3.C2H2F4.C2H4O.CF4.CH4O/c1-6(2)4-3-5-7;1-3(2)4(5)6;4-1(2(5,6)7)3(8,9)10;2*1-3(5,6)2-4;3-1-2(4,5)6;1-2-3-1;2-1(3,4)5;1-2/h7H,1,3-5H2,2H3;1H2,2H3,(H,5,6);1H;2*2H2,1H3;1H2;1-2H2;;2H,1H3. The van der Waals surface area contributed by atoms with Crippen molar-refractivity contribution in [3.05, 3.63) is 24.3 Å². The van der Waals surface area contributed by atoms with Crippen molar-refractivity contribution in [1.82, 2.24) is 0 Å². The molecule has 0 saturated carbocycles. The maximum absolute atomic E-state index is 11.2. The molecule has 0 radical (unpaired) electrons. The van der Waals surface area contributed by atoms with Crippen molar-refractivity contribution in [3.8, 4) is 0 Å². The molecular formula is C25H39F21O5. The summed E-state index contributed by atoms with van der Waals surface area (Å²) in [7, 11) is 1.00. The molecule has 1 aliphatic rings. The Bertz CT molecular complexity index is 728. The molecule has 1 aliphatic heterocycles. The molecule has 0 aromatic rings. The third kappa shape index (κ3) is 130. The zero-order chi connectivity index (χ0) is 43.7. The van der Waals surface area contributed by atoms with E-state index in [0.29, 0.717) is 13.8 Å². The van der Waals surface area contributed by atoms with Gasteiger partial charge in [0.25, 0.3) is 18.0 Å². The van der Waals surface area contributed by atoms with Crippen LogP contribution < -0.4 is 0 Å². The minimum absolute atomic E-state index is 0.176. The van der Waals surface area contributed by atoms with Gasteiger partial charge in [-0.15, -0.1) is 24.1 Å². The second-order valence-corrected chi connectivity index (χ2v) is 8.51. The molecule has 0 aliphatic carbocycles. The van der Waals surface area contributed by atoms with Gasteiger partial charge in [0.05, 0.1) is 13.2 Å². The van der Waals surface area contributed by atoms with Gasteiger partial charge in [0.1, 0.15) is 0 Å². The maximum Gasteiger partial charge on any atom is 0.559 e. The van der Waals surface area contributed by atoms with Crippen molar-refractivity contribution < 1.29 is 117 Å². The van der Waals surface area contributed by atoms with Crippen LogP contribution in [0.3, 0.4) is 0 Å². The van der Waals surface area contributed by atoms with Crippen molar-refractivity contribution in [2.24, 2.45) is 0 Å². The quantitative estimate of drug-likeness (QED) is 0.108. The number of carboxylic acids is 1. The number of ether oxygens (including phenoxy) is 1. The fourth-order valence-electron chi connectivity index (χ4n) is 0.566. The Kier molecular flexibility index (Phi) is 45.0. The van der Waals surface area contributed by atoms with Crippen LogP contribution in [0, 0.1) is 0 Å². The number of carbonyl (C=O) groups is 1. The molecule has 3 N–H and O–H groups in total. The van der Waals surface area contributed by atoms with Gasteiger partial charge in [0.2, 0.25) is 0 Å². The topological polar surface area (TPSA) is 90.3 Å². The summed E-state index contributed by atoms with van der Waals surface area (Å²) < 4.78 is 227. The van der Waals surface area contributed by atoms with Gasteiger partial charge in [-0.1, -0.05) is 12.2 Å². The molecule has 1 rings (SSSR count). The summed E-state index contributed by atoms with van der Waals surface area (Å²) in [4.78, 5) is 9.60. The summed E-state index contributed by atoms with van der Waals surface area (Å²) in [6, 6.07) is 0. The van der Waals surface area contributed by atoms with Gasteiger partial charge in [-0.2, -0.15) is 39.5 Å². The summed E-state index contributed by atoms with van der Waals surface area (Å²) in [6.07, 6.45) is -24.7. The lowest BCUT2D eigenvalue weighted by Crippen LogP contribution is -2.38. The normalized spacial score (nSPS) is 11.9. The SMILES string of the molecule is C1CO1.C=C(C)C(=O)O.C=C(C)CCCO.CC(F)(F)CF.CC(F)(F)CF.CO.FC(C(F)(F)F)C(F)(F)F.FC(F)(F)F.FCC(F)(F)F. The molecule has 0 aromatic heterocycles. The first-order chi connectivity index (χ1) is 22.2. The largest absolute Gasteiger partial charge is 0.559 e. The lowest BCUT2D eigenvalue weighted by Gasteiger charge is -2.14. The van der Waals surface area contributed by atoms with E-state index in [2.05, 4.69) is 17.9 Å². The van der Waals surface area contributed by atoms with Gasteiger partial charge in [0, 0.05) is 33.1 Å². The molecule has 1 saturated heterocycles. The van der Waals surface area contributed by atoms with Crippen LogP contribution in [-0.2, 0) is 9.53 Å². The number of hydrogen-bond acceptors (Lipinski definition) is 4. The van der Waals surface area contributed by atoms with E-state index in [9.17, 15) is 97.0 Å². The average molecular weight is 819 g/mol. The van der Waals surface area contributed by atoms with Gasteiger partial charge in [-0.05, 0) is 26.7 Å². The molecule has 5 nitrogen and oxygen atoms in total. The molecule has 51 heavy (non-hydrogen) atoms. The van der Waals surface area contributed by atoms with Crippen LogP contribution in [0.4, 0.5) is 92.2 Å². The maximum atomic E-state index is 11.2. The number of alkyl halides is 21. The first-order valence-corrected chi connectivity index (χ1v) is 12.4. The molecule has 1 fully saturated rings. The van der Waals surface area contributed by atoms with Crippen LogP contribution in [0.15, 0.2) is 24.3 Å². The number of allylic oxidation sites excluding steroid dienone is 1. The minimum atomic E-state index is -5.85. The van der Waals surface area contributed by atoms with Crippen molar-refractivity contribution in [1.29, 1.82) is 0 Å². The van der Waals surface area contributed by atoms with Gasteiger partial charge < -0.3 is 20.1 Å². The van der Waals surface area contributed by atoms with Gasteiger partial charge in [0.15, 0.2) is 20.0 Å². The average Bonchev–Trinajstić information content (AvgIpc) is 3.81. The van der Waals surface area contributed by atoms with Crippen LogP contribution in [0.25, 0.3) is 0 Å². The fourth-order valence-corrected chi connectivity index (χ4v) is 0.566. The van der Waals surface area contributed by atoms with E-state index in [1.165, 1.54) is 6.92 Å². The van der Waals surface area contributed by atoms with E-state index in [0.717, 1.165) is 38.7 Å². The molecule has 0 aromatic carbocycles. The Morgan fingerprint density at radius 2 is 0.882 bits per heavy atom. The molecule has 1 heterocycles. The predicted octanol–water partition coefficient (Wildman–Crippen LogP) is 10.3. The highest BCUT2D eigenvalue weighted by Crippen LogP contribution is 2.35. The van der Waals surface area contributed by atoms with Crippen molar-refractivity contribution in [3.63, 3.8) is 0 Å². The summed E-state index contributed by atoms with van der Waals surface area (Å²) >= 11 is 0. The highest BCUT2D eigenvalue weighted by Gasteiger charge is 2.57.